The van der Waals surface area contributed by atoms with Crippen molar-refractivity contribution in [3.63, 3.8) is 0 Å². The molecule has 1 N–H and O–H groups in total. The van der Waals surface area contributed by atoms with Crippen LogP contribution in [-0.2, 0) is 13.6 Å². The molecule has 0 saturated carbocycles. The molecule has 0 amide bonds. The van der Waals surface area contributed by atoms with Crippen LogP contribution in [0.25, 0.3) is 0 Å². The minimum atomic E-state index is 0.897. The highest BCUT2D eigenvalue weighted by Crippen LogP contribution is 1.92. The molecule has 0 radical (unpaired) electrons. The summed E-state index contributed by atoms with van der Waals surface area (Å²) in [7, 11) is 3.84. The molecule has 1 heterocycles. The Morgan fingerprint density at radius 2 is 2.18 bits per heavy atom. The Morgan fingerprint density at radius 3 is 2.55 bits per heavy atom. The number of hydrogen-bond acceptors (Lipinski definition) is 2. The van der Waals surface area contributed by atoms with Crippen LogP contribution in [-0.4, -0.2) is 16.8 Å². The molecule has 0 saturated heterocycles. The minimum absolute atomic E-state index is 0.897. The first-order chi connectivity index (χ1) is 5.33. The third-order valence-electron chi connectivity index (χ3n) is 1.14. The molecule has 0 fully saturated rings. The first-order valence-corrected chi connectivity index (χ1v) is 3.95. The van der Waals surface area contributed by atoms with Crippen LogP contribution in [0.4, 0.5) is 0 Å². The van der Waals surface area contributed by atoms with Gasteiger partial charge in [-0.15, -0.1) is 0 Å². The van der Waals surface area contributed by atoms with E-state index >= 15 is 0 Å². The van der Waals surface area contributed by atoms with Gasteiger partial charge < -0.3 is 5.32 Å². The Kier molecular flexibility index (Phi) is 5.47. The van der Waals surface area contributed by atoms with Gasteiger partial charge >= 0.3 is 0 Å². The summed E-state index contributed by atoms with van der Waals surface area (Å²) in [4.78, 5) is 0. The van der Waals surface area contributed by atoms with E-state index in [1.54, 1.807) is 4.68 Å². The molecule has 0 unspecified atom stereocenters. The summed E-state index contributed by atoms with van der Waals surface area (Å²) >= 11 is 0. The molecule has 1 aromatic rings. The summed E-state index contributed by atoms with van der Waals surface area (Å²) < 4.78 is 1.80. The van der Waals surface area contributed by atoms with E-state index in [0.717, 1.165) is 6.54 Å². The maximum Gasteiger partial charge on any atom is 0.0534 e. The van der Waals surface area contributed by atoms with Crippen molar-refractivity contribution in [1.82, 2.24) is 15.1 Å². The van der Waals surface area contributed by atoms with Crippen molar-refractivity contribution < 1.29 is 0 Å². The molecule has 64 valence electrons. The summed E-state index contributed by atoms with van der Waals surface area (Å²) in [5.41, 5.74) is 1.22. The SMILES string of the molecule is CC.CNCc1cnn(C)c1. The lowest BCUT2D eigenvalue weighted by molar-refractivity contribution is 0.764. The number of nitrogens with zero attached hydrogens (tertiary/aromatic N) is 2. The van der Waals surface area contributed by atoms with Gasteiger partial charge in [0, 0.05) is 25.4 Å². The van der Waals surface area contributed by atoms with E-state index in [0.29, 0.717) is 0 Å². The fraction of sp³-hybridized carbons (Fsp3) is 0.625. The molecule has 0 aromatic carbocycles. The summed E-state index contributed by atoms with van der Waals surface area (Å²) in [6.45, 7) is 4.90. The largest absolute Gasteiger partial charge is 0.316 e. The van der Waals surface area contributed by atoms with Crippen molar-refractivity contribution >= 4 is 0 Å². The average molecular weight is 155 g/mol. The highest BCUT2D eigenvalue weighted by molar-refractivity contribution is 5.02. The van der Waals surface area contributed by atoms with Crippen LogP contribution in [0.2, 0.25) is 0 Å². The Hall–Kier alpha value is -0.830. The third kappa shape index (κ3) is 3.78. The van der Waals surface area contributed by atoms with E-state index in [2.05, 4.69) is 10.4 Å². The topological polar surface area (TPSA) is 29.9 Å². The maximum absolute atomic E-state index is 4.01. The molecule has 3 nitrogen and oxygen atoms in total. The van der Waals surface area contributed by atoms with Crippen LogP contribution in [0.1, 0.15) is 19.4 Å². The molecule has 0 aliphatic rings. The predicted molar refractivity (Wildman–Crippen MR) is 47.3 cm³/mol. The second kappa shape index (κ2) is 5.92. The lowest BCUT2D eigenvalue weighted by atomic mass is 10.4. The van der Waals surface area contributed by atoms with Gasteiger partial charge in [0.2, 0.25) is 0 Å². The molecular weight excluding hydrogens is 138 g/mol. The Labute approximate surface area is 68.4 Å². The summed E-state index contributed by atoms with van der Waals surface area (Å²) in [5, 5.41) is 7.06. The van der Waals surface area contributed by atoms with Gasteiger partial charge in [-0.05, 0) is 7.05 Å². The monoisotopic (exact) mass is 155 g/mol. The van der Waals surface area contributed by atoms with E-state index in [9.17, 15) is 0 Å². The Balaban J connectivity index is 0.000000461. The van der Waals surface area contributed by atoms with Gasteiger partial charge in [0.25, 0.3) is 0 Å². The van der Waals surface area contributed by atoms with Crippen molar-refractivity contribution in [2.24, 2.45) is 7.05 Å². The number of nitrogens with one attached hydrogen (secondary N) is 1. The molecule has 11 heavy (non-hydrogen) atoms. The van der Waals surface area contributed by atoms with E-state index < -0.39 is 0 Å². The van der Waals surface area contributed by atoms with Crippen LogP contribution in [0.15, 0.2) is 12.4 Å². The predicted octanol–water partition coefficient (Wildman–Crippen LogP) is 1.17. The van der Waals surface area contributed by atoms with Gasteiger partial charge in [0.15, 0.2) is 0 Å². The second-order valence-corrected chi connectivity index (χ2v) is 2.05. The minimum Gasteiger partial charge on any atom is -0.316 e. The number of rotatable bonds is 2. The van der Waals surface area contributed by atoms with Gasteiger partial charge in [0.1, 0.15) is 0 Å². The van der Waals surface area contributed by atoms with Crippen LogP contribution in [0, 0.1) is 0 Å². The first kappa shape index (κ1) is 10.2. The maximum atomic E-state index is 4.01. The zero-order chi connectivity index (χ0) is 8.69. The van der Waals surface area contributed by atoms with Crippen LogP contribution >= 0.6 is 0 Å². The first-order valence-electron chi connectivity index (χ1n) is 3.95. The highest BCUT2D eigenvalue weighted by atomic mass is 15.2. The summed E-state index contributed by atoms with van der Waals surface area (Å²) in [5.74, 6) is 0. The van der Waals surface area contributed by atoms with E-state index in [-0.39, 0.29) is 0 Å². The van der Waals surface area contributed by atoms with Crippen molar-refractivity contribution in [3.8, 4) is 0 Å². The van der Waals surface area contributed by atoms with Gasteiger partial charge in [-0.25, -0.2) is 0 Å². The van der Waals surface area contributed by atoms with Crippen molar-refractivity contribution in [2.75, 3.05) is 7.05 Å². The van der Waals surface area contributed by atoms with E-state index in [1.807, 2.05) is 40.3 Å². The Bertz CT molecular complexity index is 181. The molecule has 0 bridgehead atoms. The molecule has 0 aliphatic heterocycles. The van der Waals surface area contributed by atoms with Crippen molar-refractivity contribution in [2.45, 2.75) is 20.4 Å². The number of aryl methyl sites for hydroxylation is 1. The lowest BCUT2D eigenvalue weighted by Crippen LogP contribution is -2.03. The molecular formula is C8H17N3. The molecule has 0 atom stereocenters. The highest BCUT2D eigenvalue weighted by Gasteiger charge is 1.90. The standard InChI is InChI=1S/C6H11N3.C2H6/c1-7-3-6-4-8-9(2)5-6;1-2/h4-5,7H,3H2,1-2H3;1-2H3. The normalized spacial score (nSPS) is 8.73. The van der Waals surface area contributed by atoms with E-state index in [1.165, 1.54) is 5.56 Å². The van der Waals surface area contributed by atoms with Gasteiger partial charge in [-0.1, -0.05) is 13.8 Å². The van der Waals surface area contributed by atoms with Crippen LogP contribution < -0.4 is 5.32 Å². The fourth-order valence-corrected chi connectivity index (χ4v) is 0.767. The van der Waals surface area contributed by atoms with Crippen LogP contribution in [0.3, 0.4) is 0 Å². The van der Waals surface area contributed by atoms with Gasteiger partial charge in [-0.3, -0.25) is 4.68 Å². The Morgan fingerprint density at radius 1 is 1.55 bits per heavy atom. The fourth-order valence-electron chi connectivity index (χ4n) is 0.767. The number of hydrogen-bond donors (Lipinski definition) is 1. The summed E-state index contributed by atoms with van der Waals surface area (Å²) in [6.07, 6.45) is 3.85. The molecule has 1 aromatic heterocycles. The quantitative estimate of drug-likeness (QED) is 0.694. The lowest BCUT2D eigenvalue weighted by Gasteiger charge is -1.89. The second-order valence-electron chi connectivity index (χ2n) is 2.05. The smallest absolute Gasteiger partial charge is 0.0534 e. The summed E-state index contributed by atoms with van der Waals surface area (Å²) in [6, 6.07) is 0. The zero-order valence-electron chi connectivity index (χ0n) is 7.76. The van der Waals surface area contributed by atoms with E-state index in [4.69, 9.17) is 0 Å². The zero-order valence-corrected chi connectivity index (χ0v) is 7.76. The average Bonchev–Trinajstić information content (AvgIpc) is 2.41. The number of aromatic nitrogens is 2. The third-order valence-corrected chi connectivity index (χ3v) is 1.14. The van der Waals surface area contributed by atoms with Gasteiger partial charge in [-0.2, -0.15) is 5.10 Å². The van der Waals surface area contributed by atoms with Crippen molar-refractivity contribution in [1.29, 1.82) is 0 Å². The molecule has 1 rings (SSSR count). The molecule has 3 heteroatoms. The van der Waals surface area contributed by atoms with Crippen molar-refractivity contribution in [3.05, 3.63) is 18.0 Å². The molecule has 0 spiro atoms. The van der Waals surface area contributed by atoms with Crippen LogP contribution in [0.5, 0.6) is 0 Å². The molecule has 0 aliphatic carbocycles. The van der Waals surface area contributed by atoms with Gasteiger partial charge in [0.05, 0.1) is 6.20 Å².